The number of amides is 1. The number of thiocarbonyl (C=S) groups is 1. The van der Waals surface area contributed by atoms with E-state index < -0.39 is 0 Å². The van der Waals surface area contributed by atoms with E-state index in [1.54, 1.807) is 6.92 Å². The van der Waals surface area contributed by atoms with E-state index in [0.29, 0.717) is 6.04 Å². The molecule has 1 amide bonds. The Kier molecular flexibility index (Phi) is 3.65. The summed E-state index contributed by atoms with van der Waals surface area (Å²) in [5.41, 5.74) is 0. The smallest absolute Gasteiger partial charge is 0.219 e. The molecule has 0 aromatic carbocycles. The molecule has 3 fully saturated rings. The molecular weight excluding hydrogens is 258 g/mol. The SMILES string of the molecule is CC(=O)N1CCN(C(=S)NC2CC3CCC2C3)CC1. The molecule has 1 heterocycles. The number of nitrogens with zero attached hydrogens (tertiary/aromatic N) is 2. The molecule has 0 aromatic heterocycles. The predicted molar refractivity (Wildman–Crippen MR) is 78.8 cm³/mol. The third-order valence-electron chi connectivity index (χ3n) is 5.06. The molecule has 3 unspecified atom stereocenters. The zero-order valence-electron chi connectivity index (χ0n) is 11.6. The van der Waals surface area contributed by atoms with Crippen molar-refractivity contribution < 1.29 is 4.79 Å². The van der Waals surface area contributed by atoms with E-state index in [0.717, 1.165) is 43.1 Å². The van der Waals surface area contributed by atoms with Crippen LogP contribution in [-0.4, -0.2) is 53.0 Å². The molecule has 1 N–H and O–H groups in total. The Labute approximate surface area is 120 Å². The molecule has 4 nitrogen and oxygen atoms in total. The van der Waals surface area contributed by atoms with Gasteiger partial charge in [-0.3, -0.25) is 4.79 Å². The van der Waals surface area contributed by atoms with Gasteiger partial charge in [-0.05, 0) is 43.3 Å². The van der Waals surface area contributed by atoms with E-state index in [1.807, 2.05) is 4.90 Å². The second-order valence-electron chi connectivity index (χ2n) is 6.22. The summed E-state index contributed by atoms with van der Waals surface area (Å²) in [6.45, 7) is 4.97. The van der Waals surface area contributed by atoms with Gasteiger partial charge >= 0.3 is 0 Å². The van der Waals surface area contributed by atoms with Gasteiger partial charge in [-0.15, -0.1) is 0 Å². The van der Waals surface area contributed by atoms with Crippen LogP contribution in [0.5, 0.6) is 0 Å². The number of hydrogen-bond acceptors (Lipinski definition) is 2. The fourth-order valence-corrected chi connectivity index (χ4v) is 4.23. The molecule has 0 radical (unpaired) electrons. The predicted octanol–water partition coefficient (Wildman–Crippen LogP) is 1.21. The number of piperazine rings is 1. The summed E-state index contributed by atoms with van der Waals surface area (Å²) < 4.78 is 0. The third kappa shape index (κ3) is 2.71. The highest BCUT2D eigenvalue weighted by Crippen LogP contribution is 2.44. The van der Waals surface area contributed by atoms with Crippen molar-refractivity contribution in [3.63, 3.8) is 0 Å². The number of fused-ring (bicyclic) bond motifs is 2. The Hall–Kier alpha value is -0.840. The van der Waals surface area contributed by atoms with Crippen LogP contribution in [0.1, 0.15) is 32.6 Å². The third-order valence-corrected chi connectivity index (χ3v) is 5.44. The van der Waals surface area contributed by atoms with E-state index in [-0.39, 0.29) is 5.91 Å². The second-order valence-corrected chi connectivity index (χ2v) is 6.61. The number of hydrogen-bond donors (Lipinski definition) is 1. The van der Waals surface area contributed by atoms with Crippen LogP contribution in [0.4, 0.5) is 0 Å². The molecule has 106 valence electrons. The number of rotatable bonds is 1. The van der Waals surface area contributed by atoms with Gasteiger partial charge in [-0.1, -0.05) is 6.42 Å². The molecule has 2 saturated carbocycles. The quantitative estimate of drug-likeness (QED) is 0.733. The summed E-state index contributed by atoms with van der Waals surface area (Å²) in [4.78, 5) is 15.4. The second kappa shape index (κ2) is 5.27. The van der Waals surface area contributed by atoms with E-state index in [2.05, 4.69) is 10.2 Å². The first-order chi connectivity index (χ1) is 9.13. The van der Waals surface area contributed by atoms with Crippen LogP contribution in [-0.2, 0) is 4.79 Å². The molecular formula is C14H23N3OS. The molecule has 0 spiro atoms. The van der Waals surface area contributed by atoms with E-state index in [1.165, 1.54) is 25.7 Å². The molecule has 0 aromatic rings. The maximum atomic E-state index is 11.3. The number of carbonyl (C=O) groups excluding carboxylic acids is 1. The number of carbonyl (C=O) groups is 1. The van der Waals surface area contributed by atoms with Crippen molar-refractivity contribution >= 4 is 23.2 Å². The average molecular weight is 281 g/mol. The van der Waals surface area contributed by atoms with Gasteiger partial charge in [0.1, 0.15) is 0 Å². The van der Waals surface area contributed by atoms with Crippen molar-refractivity contribution in [1.29, 1.82) is 0 Å². The zero-order valence-corrected chi connectivity index (χ0v) is 12.4. The van der Waals surface area contributed by atoms with Crippen molar-refractivity contribution in [2.45, 2.75) is 38.6 Å². The summed E-state index contributed by atoms with van der Waals surface area (Å²) in [6.07, 6.45) is 5.51. The summed E-state index contributed by atoms with van der Waals surface area (Å²) in [5.74, 6) is 1.97. The molecule has 2 bridgehead atoms. The summed E-state index contributed by atoms with van der Waals surface area (Å²) in [5, 5.41) is 4.48. The Morgan fingerprint density at radius 1 is 1.11 bits per heavy atom. The standard InChI is InChI=1S/C14H23N3OS/c1-10(18)16-4-6-17(7-5-16)14(19)15-13-9-11-2-3-12(13)8-11/h11-13H,2-9H2,1H3,(H,15,19). The van der Waals surface area contributed by atoms with Crippen molar-refractivity contribution in [2.24, 2.45) is 11.8 Å². The topological polar surface area (TPSA) is 35.6 Å². The highest BCUT2D eigenvalue weighted by molar-refractivity contribution is 7.80. The molecule has 2 aliphatic carbocycles. The van der Waals surface area contributed by atoms with Crippen LogP contribution in [0, 0.1) is 11.8 Å². The van der Waals surface area contributed by atoms with Crippen LogP contribution in [0.2, 0.25) is 0 Å². The maximum Gasteiger partial charge on any atom is 0.219 e. The molecule has 3 rings (SSSR count). The highest BCUT2D eigenvalue weighted by Gasteiger charge is 2.40. The normalized spacial score (nSPS) is 33.6. The number of nitrogens with one attached hydrogen (secondary N) is 1. The minimum Gasteiger partial charge on any atom is -0.360 e. The largest absolute Gasteiger partial charge is 0.360 e. The lowest BCUT2D eigenvalue weighted by Crippen LogP contribution is -2.54. The first-order valence-electron chi connectivity index (χ1n) is 7.44. The summed E-state index contributed by atoms with van der Waals surface area (Å²) >= 11 is 5.54. The fourth-order valence-electron chi connectivity index (χ4n) is 3.90. The first-order valence-corrected chi connectivity index (χ1v) is 7.85. The molecule has 3 atom stereocenters. The van der Waals surface area contributed by atoms with Crippen molar-refractivity contribution in [3.05, 3.63) is 0 Å². The van der Waals surface area contributed by atoms with Gasteiger partial charge < -0.3 is 15.1 Å². The van der Waals surface area contributed by atoms with Crippen molar-refractivity contribution in [2.75, 3.05) is 26.2 Å². The first kappa shape index (κ1) is 13.2. The van der Waals surface area contributed by atoms with Crippen molar-refractivity contribution in [1.82, 2.24) is 15.1 Å². The van der Waals surface area contributed by atoms with Crippen LogP contribution in [0.3, 0.4) is 0 Å². The minimum atomic E-state index is 0.173. The van der Waals surface area contributed by atoms with Gasteiger partial charge in [0.2, 0.25) is 5.91 Å². The molecule has 3 aliphatic rings. The monoisotopic (exact) mass is 281 g/mol. The highest BCUT2D eigenvalue weighted by atomic mass is 32.1. The Morgan fingerprint density at radius 2 is 1.79 bits per heavy atom. The zero-order chi connectivity index (χ0) is 13.4. The van der Waals surface area contributed by atoms with Crippen LogP contribution in [0.25, 0.3) is 0 Å². The van der Waals surface area contributed by atoms with Crippen LogP contribution in [0.15, 0.2) is 0 Å². The van der Waals surface area contributed by atoms with Gasteiger partial charge in [0, 0.05) is 39.1 Å². The van der Waals surface area contributed by atoms with Crippen molar-refractivity contribution in [3.8, 4) is 0 Å². The molecule has 1 aliphatic heterocycles. The fraction of sp³-hybridized carbons (Fsp3) is 0.857. The Balaban J connectivity index is 1.48. The summed E-state index contributed by atoms with van der Waals surface area (Å²) in [6, 6.07) is 0.608. The lowest BCUT2D eigenvalue weighted by atomic mass is 9.95. The lowest BCUT2D eigenvalue weighted by molar-refractivity contribution is -0.130. The molecule has 1 saturated heterocycles. The lowest BCUT2D eigenvalue weighted by Gasteiger charge is -2.37. The Bertz CT molecular complexity index is 379. The minimum absolute atomic E-state index is 0.173. The average Bonchev–Trinajstić information content (AvgIpc) is 3.01. The van der Waals surface area contributed by atoms with Gasteiger partial charge in [0.05, 0.1) is 0 Å². The van der Waals surface area contributed by atoms with E-state index in [9.17, 15) is 4.79 Å². The van der Waals surface area contributed by atoms with E-state index in [4.69, 9.17) is 12.2 Å². The van der Waals surface area contributed by atoms with Crippen LogP contribution < -0.4 is 5.32 Å². The van der Waals surface area contributed by atoms with Crippen LogP contribution >= 0.6 is 12.2 Å². The van der Waals surface area contributed by atoms with Gasteiger partial charge in [0.25, 0.3) is 0 Å². The Morgan fingerprint density at radius 3 is 2.32 bits per heavy atom. The van der Waals surface area contributed by atoms with E-state index >= 15 is 0 Å². The molecule has 19 heavy (non-hydrogen) atoms. The maximum absolute atomic E-state index is 11.3. The van der Waals surface area contributed by atoms with Gasteiger partial charge in [-0.25, -0.2) is 0 Å². The van der Waals surface area contributed by atoms with Gasteiger partial charge in [-0.2, -0.15) is 0 Å². The van der Waals surface area contributed by atoms with Gasteiger partial charge in [0.15, 0.2) is 5.11 Å². The summed E-state index contributed by atoms with van der Waals surface area (Å²) in [7, 11) is 0. The molecule has 5 heteroatoms.